The van der Waals surface area contributed by atoms with Crippen LogP contribution in [-0.4, -0.2) is 37.4 Å². The number of carbonyl (C=O) groups is 1. The van der Waals surface area contributed by atoms with E-state index in [0.29, 0.717) is 11.1 Å². The molecular formula is C19H20N2O3. The number of aliphatic hydroxyl groups excluding tert-OH is 1. The Morgan fingerprint density at radius 2 is 2.12 bits per heavy atom. The number of ether oxygens (including phenoxy) is 1. The summed E-state index contributed by atoms with van der Waals surface area (Å²) >= 11 is 0. The smallest absolute Gasteiger partial charge is 0.251 e. The Balaban J connectivity index is 2.17. The van der Waals surface area contributed by atoms with E-state index in [0.717, 1.165) is 16.7 Å². The molecule has 0 fully saturated rings. The van der Waals surface area contributed by atoms with Gasteiger partial charge in [0.25, 0.3) is 5.91 Å². The van der Waals surface area contributed by atoms with E-state index in [-0.39, 0.29) is 19.1 Å². The molecule has 2 N–H and O–H groups in total. The van der Waals surface area contributed by atoms with Gasteiger partial charge in [0.05, 0.1) is 24.3 Å². The van der Waals surface area contributed by atoms with Gasteiger partial charge >= 0.3 is 0 Å². The molecule has 2 aromatic carbocycles. The fourth-order valence-electron chi connectivity index (χ4n) is 2.45. The summed E-state index contributed by atoms with van der Waals surface area (Å²) in [6, 6.07) is 14.8. The number of hydrogen-bond donors (Lipinski definition) is 2. The summed E-state index contributed by atoms with van der Waals surface area (Å²) in [6.07, 6.45) is -0.733. The van der Waals surface area contributed by atoms with Crippen LogP contribution in [0.15, 0.2) is 42.5 Å². The highest BCUT2D eigenvalue weighted by Gasteiger charge is 2.11. The fourth-order valence-corrected chi connectivity index (χ4v) is 2.45. The predicted octanol–water partition coefficient (Wildman–Crippen LogP) is 2.27. The van der Waals surface area contributed by atoms with Gasteiger partial charge in [0.1, 0.15) is 0 Å². The highest BCUT2D eigenvalue weighted by atomic mass is 16.5. The maximum atomic E-state index is 12.2. The minimum atomic E-state index is -0.733. The Labute approximate surface area is 141 Å². The van der Waals surface area contributed by atoms with Crippen molar-refractivity contribution < 1.29 is 14.6 Å². The van der Waals surface area contributed by atoms with Gasteiger partial charge in [0.2, 0.25) is 0 Å². The molecule has 2 aromatic rings. The number of methoxy groups -OCH3 is 1. The second kappa shape index (κ2) is 8.25. The van der Waals surface area contributed by atoms with E-state index in [9.17, 15) is 9.90 Å². The zero-order valence-corrected chi connectivity index (χ0v) is 13.7. The normalized spacial score (nSPS) is 11.6. The van der Waals surface area contributed by atoms with Crippen LogP contribution in [0.25, 0.3) is 11.1 Å². The molecule has 0 aliphatic carbocycles. The molecule has 1 amide bonds. The zero-order chi connectivity index (χ0) is 17.5. The molecule has 0 saturated heterocycles. The molecular weight excluding hydrogens is 304 g/mol. The van der Waals surface area contributed by atoms with E-state index in [1.54, 1.807) is 18.2 Å². The molecule has 0 radical (unpaired) electrons. The molecule has 0 aliphatic heterocycles. The third-order valence-electron chi connectivity index (χ3n) is 3.65. The van der Waals surface area contributed by atoms with Crippen LogP contribution in [0.4, 0.5) is 0 Å². The topological polar surface area (TPSA) is 82.3 Å². The maximum absolute atomic E-state index is 12.2. The predicted molar refractivity (Wildman–Crippen MR) is 91.5 cm³/mol. The van der Waals surface area contributed by atoms with Crippen molar-refractivity contribution in [2.75, 3.05) is 20.3 Å². The van der Waals surface area contributed by atoms with Crippen LogP contribution >= 0.6 is 0 Å². The van der Waals surface area contributed by atoms with E-state index in [2.05, 4.69) is 11.4 Å². The molecule has 5 nitrogen and oxygen atoms in total. The standard InChI is InChI=1S/C19H20N2O3/c1-13-8-14(10-20)6-7-18(13)15-4-3-5-16(9-15)19(23)21-11-17(22)12-24-2/h3-9,17,22H,11-12H2,1-2H3,(H,21,23). The van der Waals surface area contributed by atoms with Crippen molar-refractivity contribution in [1.82, 2.24) is 5.32 Å². The second-order valence-corrected chi connectivity index (χ2v) is 5.54. The fraction of sp³-hybridized carbons (Fsp3) is 0.263. The maximum Gasteiger partial charge on any atom is 0.251 e. The average molecular weight is 324 g/mol. The third kappa shape index (κ3) is 4.42. The van der Waals surface area contributed by atoms with E-state index in [1.165, 1.54) is 7.11 Å². The number of nitriles is 1. The first-order valence-electron chi connectivity index (χ1n) is 7.61. The van der Waals surface area contributed by atoms with Gasteiger partial charge in [-0.3, -0.25) is 4.79 Å². The molecule has 0 aromatic heterocycles. The second-order valence-electron chi connectivity index (χ2n) is 5.54. The number of hydrogen-bond acceptors (Lipinski definition) is 4. The largest absolute Gasteiger partial charge is 0.389 e. The first kappa shape index (κ1) is 17.7. The highest BCUT2D eigenvalue weighted by molar-refractivity contribution is 5.95. The summed E-state index contributed by atoms with van der Waals surface area (Å²) < 4.78 is 4.83. The lowest BCUT2D eigenvalue weighted by Gasteiger charge is -2.12. The molecule has 0 heterocycles. The number of nitrogens with zero attached hydrogens (tertiary/aromatic N) is 1. The Morgan fingerprint density at radius 1 is 1.33 bits per heavy atom. The molecule has 0 saturated carbocycles. The van der Waals surface area contributed by atoms with Gasteiger partial charge in [0, 0.05) is 19.2 Å². The van der Waals surface area contributed by atoms with E-state index < -0.39 is 6.10 Å². The molecule has 0 aliphatic rings. The molecule has 0 spiro atoms. The van der Waals surface area contributed by atoms with E-state index in [4.69, 9.17) is 10.00 Å². The van der Waals surface area contributed by atoms with Crippen molar-refractivity contribution in [1.29, 1.82) is 5.26 Å². The molecule has 2 rings (SSSR count). The lowest BCUT2D eigenvalue weighted by Crippen LogP contribution is -2.34. The van der Waals surface area contributed by atoms with Crippen LogP contribution in [0.1, 0.15) is 21.5 Å². The molecule has 1 unspecified atom stereocenters. The van der Waals surface area contributed by atoms with Crippen molar-refractivity contribution in [3.8, 4) is 17.2 Å². The first-order chi connectivity index (χ1) is 11.5. The number of nitrogens with one attached hydrogen (secondary N) is 1. The summed E-state index contributed by atoms with van der Waals surface area (Å²) in [5.74, 6) is -0.252. The average Bonchev–Trinajstić information content (AvgIpc) is 2.59. The molecule has 5 heteroatoms. The van der Waals surface area contributed by atoms with Crippen LogP contribution in [0, 0.1) is 18.3 Å². The number of aliphatic hydroxyl groups is 1. The number of rotatable bonds is 6. The monoisotopic (exact) mass is 324 g/mol. The van der Waals surface area contributed by atoms with Gasteiger partial charge in [-0.1, -0.05) is 18.2 Å². The Bertz CT molecular complexity index is 765. The Morgan fingerprint density at radius 3 is 2.79 bits per heavy atom. The van der Waals surface area contributed by atoms with Crippen LogP contribution in [0.5, 0.6) is 0 Å². The highest BCUT2D eigenvalue weighted by Crippen LogP contribution is 2.25. The number of aryl methyl sites for hydroxylation is 1. The SMILES string of the molecule is COCC(O)CNC(=O)c1cccc(-c2ccc(C#N)cc2C)c1. The van der Waals surface area contributed by atoms with Gasteiger partial charge < -0.3 is 15.2 Å². The lowest BCUT2D eigenvalue weighted by molar-refractivity contribution is 0.0610. The quantitative estimate of drug-likeness (QED) is 0.854. The van der Waals surface area contributed by atoms with Crippen molar-refractivity contribution >= 4 is 5.91 Å². The van der Waals surface area contributed by atoms with Crippen LogP contribution in [0.3, 0.4) is 0 Å². The first-order valence-corrected chi connectivity index (χ1v) is 7.61. The van der Waals surface area contributed by atoms with Gasteiger partial charge in [-0.25, -0.2) is 0 Å². The lowest BCUT2D eigenvalue weighted by atomic mass is 9.97. The minimum absolute atomic E-state index is 0.132. The number of carbonyl (C=O) groups excluding carboxylic acids is 1. The molecule has 0 bridgehead atoms. The summed E-state index contributed by atoms with van der Waals surface area (Å²) in [7, 11) is 1.49. The summed E-state index contributed by atoms with van der Waals surface area (Å²) in [5.41, 5.74) is 3.98. The summed E-state index contributed by atoms with van der Waals surface area (Å²) in [4.78, 5) is 12.2. The van der Waals surface area contributed by atoms with Crippen molar-refractivity contribution in [3.05, 3.63) is 59.2 Å². The van der Waals surface area contributed by atoms with E-state index in [1.807, 2.05) is 31.2 Å². The summed E-state index contributed by atoms with van der Waals surface area (Å²) in [5, 5.41) is 21.2. The van der Waals surface area contributed by atoms with Gasteiger partial charge in [-0.15, -0.1) is 0 Å². The van der Waals surface area contributed by atoms with Gasteiger partial charge in [-0.05, 0) is 47.9 Å². The van der Waals surface area contributed by atoms with Crippen molar-refractivity contribution in [3.63, 3.8) is 0 Å². The van der Waals surface area contributed by atoms with Crippen LogP contribution in [0.2, 0.25) is 0 Å². The molecule has 24 heavy (non-hydrogen) atoms. The van der Waals surface area contributed by atoms with E-state index >= 15 is 0 Å². The van der Waals surface area contributed by atoms with Gasteiger partial charge in [0.15, 0.2) is 0 Å². The Kier molecular flexibility index (Phi) is 6.07. The molecule has 1 atom stereocenters. The zero-order valence-electron chi connectivity index (χ0n) is 13.7. The minimum Gasteiger partial charge on any atom is -0.389 e. The molecule has 124 valence electrons. The van der Waals surface area contributed by atoms with Crippen LogP contribution in [-0.2, 0) is 4.74 Å². The number of benzene rings is 2. The van der Waals surface area contributed by atoms with Crippen molar-refractivity contribution in [2.45, 2.75) is 13.0 Å². The number of amides is 1. The van der Waals surface area contributed by atoms with Crippen molar-refractivity contribution in [2.24, 2.45) is 0 Å². The van der Waals surface area contributed by atoms with Crippen LogP contribution < -0.4 is 5.32 Å². The third-order valence-corrected chi connectivity index (χ3v) is 3.65. The Hall–Kier alpha value is -2.68. The van der Waals surface area contributed by atoms with Gasteiger partial charge in [-0.2, -0.15) is 5.26 Å². The summed E-state index contributed by atoms with van der Waals surface area (Å²) in [6.45, 7) is 2.24.